The molecule has 5 nitrogen and oxygen atoms in total. The van der Waals surface area contributed by atoms with Gasteiger partial charge in [0.05, 0.1) is 0 Å². The van der Waals surface area contributed by atoms with Gasteiger partial charge in [0, 0.05) is 19.2 Å². The van der Waals surface area contributed by atoms with Crippen molar-refractivity contribution in [2.75, 3.05) is 12.8 Å². The number of imide groups is 1. The molecule has 0 spiro atoms. The lowest BCUT2D eigenvalue weighted by molar-refractivity contribution is -0.154. The fourth-order valence-electron chi connectivity index (χ4n) is 2.62. The van der Waals surface area contributed by atoms with E-state index < -0.39 is 12.1 Å². The average Bonchev–Trinajstić information content (AvgIpc) is 2.84. The number of piperazine rings is 1. The first-order chi connectivity index (χ1) is 9.59. The molecule has 2 heterocycles. The minimum absolute atomic E-state index is 0.149. The van der Waals surface area contributed by atoms with Crippen molar-refractivity contribution in [1.29, 1.82) is 0 Å². The second kappa shape index (κ2) is 4.94. The molecule has 2 saturated heterocycles. The maximum atomic E-state index is 12.5. The molecule has 2 atom stereocenters. The van der Waals surface area contributed by atoms with Crippen LogP contribution < -0.4 is 0 Å². The first-order valence-electron chi connectivity index (χ1n) is 6.40. The number of amides is 3. The molecule has 0 radical (unpaired) electrons. The summed E-state index contributed by atoms with van der Waals surface area (Å²) in [5.74, 6) is -0.0500. The van der Waals surface area contributed by atoms with Gasteiger partial charge in [-0.2, -0.15) is 0 Å². The highest BCUT2D eigenvalue weighted by Gasteiger charge is 2.50. The quantitative estimate of drug-likeness (QED) is 0.819. The molecule has 1 aromatic rings. The molecule has 2 unspecified atom stereocenters. The zero-order valence-corrected chi connectivity index (χ0v) is 11.8. The van der Waals surface area contributed by atoms with Gasteiger partial charge in [-0.15, -0.1) is 0 Å². The van der Waals surface area contributed by atoms with Crippen LogP contribution in [0.4, 0.5) is 4.79 Å². The number of carbonyl (C=O) groups is 3. The lowest BCUT2D eigenvalue weighted by Gasteiger charge is -2.38. The standard InChI is InChI=1S/C14H14N2O3S/c1-15-10(7-9-5-3-2-4-6-9)13(18)16-11(12(15)17)8-20-14(16)19/h2-6,10-11H,7-8H2,1H3. The van der Waals surface area contributed by atoms with E-state index >= 15 is 0 Å². The normalized spacial score (nSPS) is 26.1. The predicted molar refractivity (Wildman–Crippen MR) is 75.2 cm³/mol. The summed E-state index contributed by atoms with van der Waals surface area (Å²) in [6, 6.07) is 8.31. The zero-order valence-electron chi connectivity index (χ0n) is 11.0. The van der Waals surface area contributed by atoms with Crippen LogP contribution in [0.1, 0.15) is 5.56 Å². The molecular formula is C14H14N2O3S. The van der Waals surface area contributed by atoms with Crippen molar-refractivity contribution in [3.05, 3.63) is 35.9 Å². The topological polar surface area (TPSA) is 57.7 Å². The van der Waals surface area contributed by atoms with E-state index in [1.54, 1.807) is 7.05 Å². The predicted octanol–water partition coefficient (Wildman–Crippen LogP) is 1.13. The molecule has 1 aromatic carbocycles. The molecule has 104 valence electrons. The van der Waals surface area contributed by atoms with E-state index in [4.69, 9.17) is 0 Å². The third-order valence-electron chi connectivity index (χ3n) is 3.77. The van der Waals surface area contributed by atoms with Crippen molar-refractivity contribution in [3.8, 4) is 0 Å². The largest absolute Gasteiger partial charge is 0.332 e. The number of benzene rings is 1. The number of hydrogen-bond donors (Lipinski definition) is 0. The molecule has 3 rings (SSSR count). The molecule has 20 heavy (non-hydrogen) atoms. The number of likely N-dealkylation sites (N-methyl/N-ethyl adjacent to an activating group) is 1. The van der Waals surface area contributed by atoms with Crippen LogP contribution in [-0.4, -0.2) is 51.7 Å². The maximum Gasteiger partial charge on any atom is 0.289 e. The maximum absolute atomic E-state index is 12.5. The molecule has 3 amide bonds. The third kappa shape index (κ3) is 2.00. The first-order valence-corrected chi connectivity index (χ1v) is 7.38. The van der Waals surface area contributed by atoms with Gasteiger partial charge in [-0.05, 0) is 5.56 Å². The van der Waals surface area contributed by atoms with Gasteiger partial charge in [0.2, 0.25) is 5.91 Å². The van der Waals surface area contributed by atoms with Gasteiger partial charge < -0.3 is 4.90 Å². The van der Waals surface area contributed by atoms with Gasteiger partial charge >= 0.3 is 0 Å². The van der Waals surface area contributed by atoms with Crippen molar-refractivity contribution in [2.45, 2.75) is 18.5 Å². The fraction of sp³-hybridized carbons (Fsp3) is 0.357. The van der Waals surface area contributed by atoms with Crippen LogP contribution in [-0.2, 0) is 16.0 Å². The summed E-state index contributed by atoms with van der Waals surface area (Å²) in [6.07, 6.45) is 0.434. The molecule has 0 aromatic heterocycles. The number of hydrogen-bond acceptors (Lipinski definition) is 4. The highest BCUT2D eigenvalue weighted by atomic mass is 32.2. The Bertz CT molecular complexity index is 575. The Morgan fingerprint density at radius 1 is 1.15 bits per heavy atom. The molecule has 0 saturated carbocycles. The Morgan fingerprint density at radius 2 is 1.85 bits per heavy atom. The summed E-state index contributed by atoms with van der Waals surface area (Å²) in [6.45, 7) is 0. The van der Waals surface area contributed by atoms with Crippen LogP contribution in [0.3, 0.4) is 0 Å². The van der Waals surface area contributed by atoms with Gasteiger partial charge in [0.25, 0.3) is 11.1 Å². The minimum atomic E-state index is -0.614. The van der Waals surface area contributed by atoms with E-state index in [2.05, 4.69) is 0 Å². The molecule has 0 aliphatic carbocycles. The van der Waals surface area contributed by atoms with Gasteiger partial charge in [0.15, 0.2) is 0 Å². The highest BCUT2D eigenvalue weighted by Crippen LogP contribution is 2.31. The number of nitrogens with zero attached hydrogens (tertiary/aromatic N) is 2. The number of fused-ring (bicyclic) bond motifs is 1. The van der Waals surface area contributed by atoms with Crippen LogP contribution in [0.2, 0.25) is 0 Å². The van der Waals surface area contributed by atoms with Gasteiger partial charge in [-0.25, -0.2) is 0 Å². The summed E-state index contributed by atoms with van der Waals surface area (Å²) in [5.41, 5.74) is 0.975. The zero-order chi connectivity index (χ0) is 14.3. The summed E-state index contributed by atoms with van der Waals surface area (Å²) in [5, 5.41) is -0.306. The molecule has 6 heteroatoms. The van der Waals surface area contributed by atoms with E-state index in [9.17, 15) is 14.4 Å². The van der Waals surface area contributed by atoms with E-state index in [0.717, 1.165) is 22.2 Å². The monoisotopic (exact) mass is 290 g/mol. The van der Waals surface area contributed by atoms with E-state index in [1.807, 2.05) is 30.3 Å². The number of carbonyl (C=O) groups excluding carboxylic acids is 3. The summed E-state index contributed by atoms with van der Waals surface area (Å²) >= 11 is 1.04. The van der Waals surface area contributed by atoms with E-state index in [1.165, 1.54) is 4.90 Å². The summed E-state index contributed by atoms with van der Waals surface area (Å²) in [4.78, 5) is 39.1. The molecule has 2 fully saturated rings. The molecule has 2 aliphatic heterocycles. The van der Waals surface area contributed by atoms with Crippen molar-refractivity contribution in [3.63, 3.8) is 0 Å². The Kier molecular flexibility index (Phi) is 3.25. The highest BCUT2D eigenvalue weighted by molar-refractivity contribution is 8.14. The third-order valence-corrected chi connectivity index (χ3v) is 4.69. The first kappa shape index (κ1) is 13.2. The van der Waals surface area contributed by atoms with Crippen LogP contribution in [0.15, 0.2) is 30.3 Å². The Labute approximate surface area is 120 Å². The van der Waals surface area contributed by atoms with Gasteiger partial charge in [0.1, 0.15) is 12.1 Å². The van der Waals surface area contributed by atoms with E-state index in [-0.39, 0.29) is 17.1 Å². The molecule has 0 bridgehead atoms. The summed E-state index contributed by atoms with van der Waals surface area (Å²) < 4.78 is 0. The smallest absolute Gasteiger partial charge is 0.289 e. The van der Waals surface area contributed by atoms with Gasteiger partial charge in [-0.3, -0.25) is 19.3 Å². The number of rotatable bonds is 2. The van der Waals surface area contributed by atoms with Crippen LogP contribution in [0.25, 0.3) is 0 Å². The lowest BCUT2D eigenvalue weighted by atomic mass is 9.99. The minimum Gasteiger partial charge on any atom is -0.332 e. The number of thioether (sulfide) groups is 1. The van der Waals surface area contributed by atoms with Crippen molar-refractivity contribution in [2.24, 2.45) is 0 Å². The second-order valence-corrected chi connectivity index (χ2v) is 5.93. The SMILES string of the molecule is CN1C(=O)C2CSC(=O)N2C(=O)C1Cc1ccccc1. The molecule has 0 N–H and O–H groups in total. The van der Waals surface area contributed by atoms with Crippen molar-refractivity contribution >= 4 is 28.8 Å². The van der Waals surface area contributed by atoms with Gasteiger partial charge in [-0.1, -0.05) is 42.1 Å². The Balaban J connectivity index is 1.88. The van der Waals surface area contributed by atoms with Crippen LogP contribution >= 0.6 is 11.8 Å². The average molecular weight is 290 g/mol. The second-order valence-electron chi connectivity index (χ2n) is 4.96. The van der Waals surface area contributed by atoms with E-state index in [0.29, 0.717) is 12.2 Å². The summed E-state index contributed by atoms with van der Waals surface area (Å²) in [7, 11) is 1.64. The van der Waals surface area contributed by atoms with Crippen LogP contribution in [0.5, 0.6) is 0 Å². The van der Waals surface area contributed by atoms with Crippen molar-refractivity contribution in [1.82, 2.24) is 9.80 Å². The lowest BCUT2D eigenvalue weighted by Crippen LogP contribution is -2.63. The fourth-order valence-corrected chi connectivity index (χ4v) is 3.57. The Hall–Kier alpha value is -1.82. The van der Waals surface area contributed by atoms with Crippen molar-refractivity contribution < 1.29 is 14.4 Å². The Morgan fingerprint density at radius 3 is 2.55 bits per heavy atom. The molecule has 2 aliphatic rings. The molecular weight excluding hydrogens is 276 g/mol. The van der Waals surface area contributed by atoms with Crippen LogP contribution in [0, 0.1) is 0 Å².